The van der Waals surface area contributed by atoms with E-state index in [0.717, 1.165) is 29.4 Å². The van der Waals surface area contributed by atoms with Crippen LogP contribution in [0, 0.1) is 0 Å². The van der Waals surface area contributed by atoms with E-state index in [2.05, 4.69) is 21.2 Å². The first-order chi connectivity index (χ1) is 9.24. The number of aromatic nitrogens is 3. The van der Waals surface area contributed by atoms with E-state index >= 15 is 0 Å². The summed E-state index contributed by atoms with van der Waals surface area (Å²) in [6.45, 7) is 0.803. The fourth-order valence-electron chi connectivity index (χ4n) is 1.53. The molecule has 2 rings (SSSR count). The SMILES string of the molecule is CSCCCCO.NCc1c[nH]c2c(N)ncnc12. The largest absolute Gasteiger partial charge is 0.396 e. The minimum Gasteiger partial charge on any atom is -0.396 e. The zero-order valence-electron chi connectivity index (χ0n) is 11.1. The number of hydrogen-bond donors (Lipinski definition) is 4. The zero-order chi connectivity index (χ0) is 14.1. The van der Waals surface area contributed by atoms with Gasteiger partial charge < -0.3 is 21.6 Å². The molecule has 0 saturated carbocycles. The number of anilines is 1. The smallest absolute Gasteiger partial charge is 0.151 e. The molecule has 0 atom stereocenters. The Hall–Kier alpha value is -1.31. The molecular weight excluding hydrogens is 262 g/mol. The van der Waals surface area contributed by atoms with E-state index < -0.39 is 0 Å². The summed E-state index contributed by atoms with van der Waals surface area (Å²) < 4.78 is 0. The highest BCUT2D eigenvalue weighted by molar-refractivity contribution is 7.98. The highest BCUT2D eigenvalue weighted by Crippen LogP contribution is 2.17. The lowest BCUT2D eigenvalue weighted by Crippen LogP contribution is -1.96. The first kappa shape index (κ1) is 15.7. The van der Waals surface area contributed by atoms with Gasteiger partial charge in [0.1, 0.15) is 11.8 Å². The second kappa shape index (κ2) is 8.73. The summed E-state index contributed by atoms with van der Waals surface area (Å²) in [6.07, 6.45) is 7.43. The van der Waals surface area contributed by atoms with Crippen LogP contribution in [0.3, 0.4) is 0 Å². The van der Waals surface area contributed by atoms with Crippen molar-refractivity contribution in [2.45, 2.75) is 19.4 Å². The summed E-state index contributed by atoms with van der Waals surface area (Å²) in [4.78, 5) is 10.9. The summed E-state index contributed by atoms with van der Waals surface area (Å²) in [5.41, 5.74) is 13.6. The van der Waals surface area contributed by atoms with Crippen molar-refractivity contribution in [2.75, 3.05) is 24.3 Å². The van der Waals surface area contributed by atoms with Gasteiger partial charge in [-0.3, -0.25) is 0 Å². The van der Waals surface area contributed by atoms with Gasteiger partial charge in [0.2, 0.25) is 0 Å². The van der Waals surface area contributed by atoms with E-state index in [4.69, 9.17) is 16.6 Å². The average molecular weight is 283 g/mol. The van der Waals surface area contributed by atoms with E-state index in [1.54, 1.807) is 6.20 Å². The van der Waals surface area contributed by atoms with Crippen LogP contribution in [0.15, 0.2) is 12.5 Å². The van der Waals surface area contributed by atoms with Crippen molar-refractivity contribution >= 4 is 28.6 Å². The van der Waals surface area contributed by atoms with Crippen molar-refractivity contribution < 1.29 is 5.11 Å². The Bertz CT molecular complexity index is 484. The van der Waals surface area contributed by atoms with E-state index in [1.165, 1.54) is 12.1 Å². The molecule has 6 nitrogen and oxygen atoms in total. The molecule has 0 aliphatic heterocycles. The van der Waals surface area contributed by atoms with Crippen LogP contribution in [0.2, 0.25) is 0 Å². The number of rotatable bonds is 5. The molecule has 0 radical (unpaired) electrons. The molecule has 106 valence electrons. The Morgan fingerprint density at radius 3 is 2.79 bits per heavy atom. The number of hydrogen-bond acceptors (Lipinski definition) is 6. The lowest BCUT2D eigenvalue weighted by atomic mass is 10.3. The number of aliphatic hydroxyl groups is 1. The lowest BCUT2D eigenvalue weighted by Gasteiger charge is -1.94. The van der Waals surface area contributed by atoms with E-state index in [0.29, 0.717) is 19.0 Å². The summed E-state index contributed by atoms with van der Waals surface area (Å²) in [6, 6.07) is 0. The molecule has 2 aromatic heterocycles. The summed E-state index contributed by atoms with van der Waals surface area (Å²) in [5.74, 6) is 1.64. The molecule has 7 heteroatoms. The van der Waals surface area contributed by atoms with Gasteiger partial charge in [-0.15, -0.1) is 0 Å². The molecule has 2 heterocycles. The minimum absolute atomic E-state index is 0.348. The molecule has 0 aliphatic rings. The number of fused-ring (bicyclic) bond motifs is 1. The van der Waals surface area contributed by atoms with E-state index in [9.17, 15) is 0 Å². The first-order valence-corrected chi connectivity index (χ1v) is 7.50. The zero-order valence-corrected chi connectivity index (χ0v) is 11.9. The second-order valence-corrected chi connectivity index (χ2v) is 4.91. The average Bonchev–Trinajstić information content (AvgIpc) is 2.85. The monoisotopic (exact) mass is 283 g/mol. The number of nitrogens with one attached hydrogen (secondary N) is 1. The third kappa shape index (κ3) is 4.70. The number of unbranched alkanes of at least 4 members (excludes halogenated alkanes) is 1. The maximum absolute atomic E-state index is 8.28. The van der Waals surface area contributed by atoms with Gasteiger partial charge in [0.05, 0.1) is 5.52 Å². The summed E-state index contributed by atoms with van der Waals surface area (Å²) in [5, 5.41) is 8.28. The van der Waals surface area contributed by atoms with Gasteiger partial charge in [0, 0.05) is 24.9 Å². The van der Waals surface area contributed by atoms with Crippen LogP contribution in [0.25, 0.3) is 11.0 Å². The Morgan fingerprint density at radius 1 is 1.37 bits per heavy atom. The molecule has 0 fully saturated rings. The molecule has 0 bridgehead atoms. The van der Waals surface area contributed by atoms with Crippen LogP contribution < -0.4 is 11.5 Å². The number of nitrogens with zero attached hydrogens (tertiary/aromatic N) is 2. The van der Waals surface area contributed by atoms with Crippen molar-refractivity contribution in [2.24, 2.45) is 5.73 Å². The van der Waals surface area contributed by atoms with Crippen LogP contribution in [0.5, 0.6) is 0 Å². The first-order valence-electron chi connectivity index (χ1n) is 6.10. The fraction of sp³-hybridized carbons (Fsp3) is 0.500. The highest BCUT2D eigenvalue weighted by atomic mass is 32.2. The van der Waals surface area contributed by atoms with Gasteiger partial charge in [-0.2, -0.15) is 11.8 Å². The maximum Gasteiger partial charge on any atom is 0.151 e. The number of H-pyrrole nitrogens is 1. The van der Waals surface area contributed by atoms with Crippen LogP contribution >= 0.6 is 11.8 Å². The minimum atomic E-state index is 0.348. The number of nitrogen functional groups attached to an aromatic ring is 1. The Kier molecular flexibility index (Phi) is 7.24. The maximum atomic E-state index is 8.28. The topological polar surface area (TPSA) is 114 Å². The van der Waals surface area contributed by atoms with Crippen LogP contribution in [0.1, 0.15) is 18.4 Å². The Morgan fingerprint density at radius 2 is 2.16 bits per heavy atom. The van der Waals surface area contributed by atoms with Crippen molar-refractivity contribution in [3.8, 4) is 0 Å². The van der Waals surface area contributed by atoms with Crippen LogP contribution in [0.4, 0.5) is 5.82 Å². The van der Waals surface area contributed by atoms with Gasteiger partial charge in [0.15, 0.2) is 5.82 Å². The van der Waals surface area contributed by atoms with Gasteiger partial charge in [-0.05, 0) is 24.9 Å². The molecule has 6 N–H and O–H groups in total. The number of aliphatic hydroxyl groups excluding tert-OH is 1. The number of aromatic amines is 1. The van der Waals surface area contributed by atoms with Crippen LogP contribution in [-0.4, -0.2) is 38.7 Å². The van der Waals surface area contributed by atoms with Crippen molar-refractivity contribution in [1.29, 1.82) is 0 Å². The highest BCUT2D eigenvalue weighted by Gasteiger charge is 2.05. The molecule has 0 aliphatic carbocycles. The predicted molar refractivity (Wildman–Crippen MR) is 80.9 cm³/mol. The lowest BCUT2D eigenvalue weighted by molar-refractivity contribution is 0.287. The third-order valence-corrected chi connectivity index (χ3v) is 3.24. The molecule has 19 heavy (non-hydrogen) atoms. The summed E-state index contributed by atoms with van der Waals surface area (Å²) >= 11 is 1.83. The Labute approximate surface area is 117 Å². The molecule has 0 unspecified atom stereocenters. The Balaban J connectivity index is 0.000000224. The van der Waals surface area contributed by atoms with Gasteiger partial charge in [-0.25, -0.2) is 9.97 Å². The normalized spacial score (nSPS) is 10.3. The van der Waals surface area contributed by atoms with Gasteiger partial charge in [-0.1, -0.05) is 0 Å². The predicted octanol–water partition coefficient (Wildman–Crippen LogP) is 1.12. The quantitative estimate of drug-likeness (QED) is 0.611. The molecule has 0 aromatic carbocycles. The second-order valence-electron chi connectivity index (χ2n) is 3.92. The van der Waals surface area contributed by atoms with E-state index in [-0.39, 0.29) is 0 Å². The van der Waals surface area contributed by atoms with Crippen molar-refractivity contribution in [3.63, 3.8) is 0 Å². The fourth-order valence-corrected chi connectivity index (χ4v) is 2.02. The van der Waals surface area contributed by atoms with Gasteiger partial charge in [0.25, 0.3) is 0 Å². The number of nitrogens with two attached hydrogens (primary N) is 2. The third-order valence-electron chi connectivity index (χ3n) is 2.55. The van der Waals surface area contributed by atoms with Crippen LogP contribution in [-0.2, 0) is 6.54 Å². The van der Waals surface area contributed by atoms with Crippen molar-refractivity contribution in [3.05, 3.63) is 18.1 Å². The molecular formula is C12H21N5OS. The molecule has 0 spiro atoms. The molecule has 0 amide bonds. The number of thioether (sulfide) groups is 1. The standard InChI is InChI=1S/C7H9N5.C5H12OS/c8-1-4-2-10-6-5(4)11-3-12-7(6)9;1-7-5-3-2-4-6/h2-3,10H,1,8H2,(H2,9,11,12);6H,2-5H2,1H3. The molecule has 2 aromatic rings. The summed E-state index contributed by atoms with van der Waals surface area (Å²) in [7, 11) is 0. The van der Waals surface area contributed by atoms with Crippen molar-refractivity contribution in [1.82, 2.24) is 15.0 Å². The van der Waals surface area contributed by atoms with E-state index in [1.807, 2.05) is 11.8 Å². The molecule has 0 saturated heterocycles. The van der Waals surface area contributed by atoms with Gasteiger partial charge >= 0.3 is 0 Å².